The van der Waals surface area contributed by atoms with Crippen LogP contribution in [-0.2, 0) is 4.79 Å². The van der Waals surface area contributed by atoms with Crippen LogP contribution in [0.2, 0.25) is 10.0 Å². The number of halogens is 2. The molecule has 1 aliphatic heterocycles. The number of amides is 1. The summed E-state index contributed by atoms with van der Waals surface area (Å²) >= 11 is 13.3. The van der Waals surface area contributed by atoms with Crippen LogP contribution in [0.4, 0.5) is 5.69 Å². The van der Waals surface area contributed by atoms with Crippen molar-refractivity contribution in [3.8, 4) is 0 Å². The second kappa shape index (κ2) is 6.74. The van der Waals surface area contributed by atoms with Crippen LogP contribution in [0.3, 0.4) is 0 Å². The molecule has 4 nitrogen and oxygen atoms in total. The van der Waals surface area contributed by atoms with Crippen LogP contribution in [0.15, 0.2) is 52.6 Å². The molecular weight excluding hydrogens is 353 g/mol. The zero-order chi connectivity index (χ0) is 16.4. The van der Waals surface area contributed by atoms with E-state index < -0.39 is 0 Å². The highest BCUT2D eigenvalue weighted by molar-refractivity contribution is 8.18. The number of hydrogen-bond donors (Lipinski definition) is 0. The van der Waals surface area contributed by atoms with Gasteiger partial charge in [-0.15, -0.1) is 0 Å². The van der Waals surface area contributed by atoms with Crippen molar-refractivity contribution >= 4 is 57.8 Å². The molecule has 3 rings (SSSR count). The molecule has 0 aliphatic carbocycles. The van der Waals surface area contributed by atoms with Crippen LogP contribution < -0.4 is 0 Å². The molecule has 0 radical (unpaired) electrons. The van der Waals surface area contributed by atoms with Crippen LogP contribution in [0.1, 0.15) is 5.56 Å². The summed E-state index contributed by atoms with van der Waals surface area (Å²) in [7, 11) is 1.68. The summed E-state index contributed by atoms with van der Waals surface area (Å²) in [6.07, 6.45) is 4.92. The van der Waals surface area contributed by atoms with Crippen LogP contribution >= 0.6 is 35.0 Å². The molecule has 1 amide bonds. The smallest absolute Gasteiger partial charge is 0.266 e. The summed E-state index contributed by atoms with van der Waals surface area (Å²) in [6.45, 7) is 0. The lowest BCUT2D eigenvalue weighted by molar-refractivity contribution is -0.121. The Kier molecular flexibility index (Phi) is 4.71. The normalized spacial score (nSPS) is 18.2. The lowest BCUT2D eigenvalue weighted by Gasteiger charge is -2.07. The molecule has 0 saturated carbocycles. The zero-order valence-corrected chi connectivity index (χ0v) is 14.4. The number of rotatable bonds is 2. The summed E-state index contributed by atoms with van der Waals surface area (Å²) in [5, 5.41) is 1.63. The molecule has 1 fully saturated rings. The Morgan fingerprint density at radius 1 is 1.30 bits per heavy atom. The summed E-state index contributed by atoms with van der Waals surface area (Å²) in [6, 6.07) is 9.03. The number of hydrogen-bond acceptors (Lipinski definition) is 4. The largest absolute Gasteiger partial charge is 0.290 e. The zero-order valence-electron chi connectivity index (χ0n) is 12.0. The van der Waals surface area contributed by atoms with E-state index >= 15 is 0 Å². The van der Waals surface area contributed by atoms with Crippen LogP contribution in [0, 0.1) is 0 Å². The Labute approximate surface area is 147 Å². The van der Waals surface area contributed by atoms with Crippen LogP contribution in [-0.4, -0.2) is 28.0 Å². The lowest BCUT2D eigenvalue weighted by Crippen LogP contribution is -2.23. The number of pyridine rings is 1. The third-order valence-corrected chi connectivity index (χ3v) is 4.70. The average Bonchev–Trinajstić information content (AvgIpc) is 2.78. The van der Waals surface area contributed by atoms with E-state index in [4.69, 9.17) is 23.2 Å². The van der Waals surface area contributed by atoms with Gasteiger partial charge in [0.2, 0.25) is 0 Å². The van der Waals surface area contributed by atoms with Gasteiger partial charge in [-0.25, -0.2) is 4.99 Å². The predicted molar refractivity (Wildman–Crippen MR) is 96.1 cm³/mol. The maximum absolute atomic E-state index is 12.4. The maximum Gasteiger partial charge on any atom is 0.266 e. The summed E-state index contributed by atoms with van der Waals surface area (Å²) in [4.78, 5) is 22.8. The summed E-state index contributed by atoms with van der Waals surface area (Å²) in [5.74, 6) is -0.112. The fourth-order valence-electron chi connectivity index (χ4n) is 1.96. The molecule has 23 heavy (non-hydrogen) atoms. The summed E-state index contributed by atoms with van der Waals surface area (Å²) in [5.41, 5.74) is 1.44. The molecule has 0 unspecified atom stereocenters. The molecule has 0 N–H and O–H groups in total. The molecule has 0 atom stereocenters. The van der Waals surface area contributed by atoms with E-state index in [2.05, 4.69) is 9.98 Å². The SMILES string of the molecule is CN1C(=O)/C(=C/c2cccc(Cl)c2)SC1=Nc1ccncc1Cl. The number of aliphatic imine (C=N–C) groups is 1. The average molecular weight is 364 g/mol. The van der Waals surface area contributed by atoms with E-state index in [9.17, 15) is 4.79 Å². The minimum absolute atomic E-state index is 0.112. The molecule has 2 aromatic rings. The van der Waals surface area contributed by atoms with Crippen molar-refractivity contribution in [2.75, 3.05) is 7.05 Å². The van der Waals surface area contributed by atoms with Gasteiger partial charge in [-0.05, 0) is 41.6 Å². The highest BCUT2D eigenvalue weighted by atomic mass is 35.5. The first-order valence-electron chi connectivity index (χ1n) is 6.66. The van der Waals surface area contributed by atoms with E-state index in [1.54, 1.807) is 37.5 Å². The van der Waals surface area contributed by atoms with Gasteiger partial charge in [0.05, 0.1) is 15.6 Å². The number of nitrogens with zero attached hydrogens (tertiary/aromatic N) is 3. The molecule has 1 aromatic carbocycles. The number of carbonyl (C=O) groups is 1. The lowest BCUT2D eigenvalue weighted by atomic mass is 10.2. The van der Waals surface area contributed by atoms with Crippen molar-refractivity contribution in [1.82, 2.24) is 9.88 Å². The number of thioether (sulfide) groups is 1. The molecular formula is C16H11Cl2N3OS. The quantitative estimate of drug-likeness (QED) is 0.731. The number of amidine groups is 1. The van der Waals surface area contributed by atoms with Crippen molar-refractivity contribution < 1.29 is 4.79 Å². The number of benzene rings is 1. The number of likely N-dealkylation sites (N-methyl/N-ethyl adjacent to an activating group) is 1. The van der Waals surface area contributed by atoms with Crippen molar-refractivity contribution in [3.63, 3.8) is 0 Å². The van der Waals surface area contributed by atoms with E-state index in [1.807, 2.05) is 12.1 Å². The van der Waals surface area contributed by atoms with Crippen molar-refractivity contribution in [3.05, 3.63) is 63.2 Å². The Balaban J connectivity index is 1.93. The second-order valence-electron chi connectivity index (χ2n) is 4.75. The van der Waals surface area contributed by atoms with Gasteiger partial charge in [-0.3, -0.25) is 14.7 Å². The van der Waals surface area contributed by atoms with Crippen molar-refractivity contribution in [2.24, 2.45) is 4.99 Å². The van der Waals surface area contributed by atoms with Gasteiger partial charge in [0.25, 0.3) is 5.91 Å². The van der Waals surface area contributed by atoms with Crippen molar-refractivity contribution in [1.29, 1.82) is 0 Å². The minimum Gasteiger partial charge on any atom is -0.290 e. The van der Waals surface area contributed by atoms with Gasteiger partial charge in [-0.1, -0.05) is 35.3 Å². The predicted octanol–water partition coefficient (Wildman–Crippen LogP) is 4.62. The maximum atomic E-state index is 12.4. The Bertz CT molecular complexity index is 836. The fourth-order valence-corrected chi connectivity index (χ4v) is 3.30. The van der Waals surface area contributed by atoms with E-state index in [-0.39, 0.29) is 5.91 Å². The molecule has 1 aliphatic rings. The van der Waals surface area contributed by atoms with E-state index in [0.29, 0.717) is 25.8 Å². The first kappa shape index (κ1) is 16.1. The van der Waals surface area contributed by atoms with Gasteiger partial charge in [0.15, 0.2) is 5.17 Å². The first-order chi connectivity index (χ1) is 11.0. The Hall–Kier alpha value is -1.82. The van der Waals surface area contributed by atoms with Crippen molar-refractivity contribution in [2.45, 2.75) is 0 Å². The van der Waals surface area contributed by atoms with E-state index in [1.165, 1.54) is 22.9 Å². The Morgan fingerprint density at radius 3 is 2.87 bits per heavy atom. The molecule has 1 saturated heterocycles. The minimum atomic E-state index is -0.112. The molecule has 2 heterocycles. The van der Waals surface area contributed by atoms with Gasteiger partial charge < -0.3 is 0 Å². The number of aromatic nitrogens is 1. The van der Waals surface area contributed by atoms with Gasteiger partial charge in [0.1, 0.15) is 0 Å². The third-order valence-electron chi connectivity index (χ3n) is 3.12. The first-order valence-corrected chi connectivity index (χ1v) is 8.23. The van der Waals surface area contributed by atoms with Gasteiger partial charge >= 0.3 is 0 Å². The molecule has 7 heteroatoms. The van der Waals surface area contributed by atoms with Crippen LogP contribution in [0.5, 0.6) is 0 Å². The van der Waals surface area contributed by atoms with Crippen LogP contribution in [0.25, 0.3) is 6.08 Å². The Morgan fingerprint density at radius 2 is 2.13 bits per heavy atom. The van der Waals surface area contributed by atoms with E-state index in [0.717, 1.165) is 5.56 Å². The molecule has 1 aromatic heterocycles. The van der Waals surface area contributed by atoms with Gasteiger partial charge in [-0.2, -0.15) is 0 Å². The molecule has 0 spiro atoms. The number of carbonyl (C=O) groups excluding carboxylic acids is 1. The highest BCUT2D eigenvalue weighted by Crippen LogP contribution is 2.34. The summed E-state index contributed by atoms with van der Waals surface area (Å²) < 4.78 is 0. The monoisotopic (exact) mass is 363 g/mol. The topological polar surface area (TPSA) is 45.6 Å². The third kappa shape index (κ3) is 3.58. The van der Waals surface area contributed by atoms with Gasteiger partial charge in [0, 0.05) is 24.5 Å². The highest BCUT2D eigenvalue weighted by Gasteiger charge is 2.30. The standard InChI is InChI=1S/C16H11Cl2N3OS/c1-21-15(22)14(8-10-3-2-4-11(17)7-10)23-16(21)20-13-5-6-19-9-12(13)18/h2-9H,1H3/b14-8-,20-16?. The fraction of sp³-hybridized carbons (Fsp3) is 0.0625. The second-order valence-corrected chi connectivity index (χ2v) is 6.60. The molecule has 0 bridgehead atoms. The molecule has 116 valence electrons.